The van der Waals surface area contributed by atoms with Crippen molar-refractivity contribution < 1.29 is 29.0 Å². The predicted molar refractivity (Wildman–Crippen MR) is 79.3 cm³/mol. The molecule has 3 N–H and O–H groups in total. The van der Waals surface area contributed by atoms with Crippen LogP contribution in [0.3, 0.4) is 0 Å². The van der Waals surface area contributed by atoms with Gasteiger partial charge in [-0.25, -0.2) is 9.59 Å². The molecule has 0 aliphatic heterocycles. The molecule has 0 radical (unpaired) electrons. The lowest BCUT2D eigenvalue weighted by molar-refractivity contribution is -0.149. The van der Waals surface area contributed by atoms with Crippen LogP contribution in [0.1, 0.15) is 40.0 Å². The van der Waals surface area contributed by atoms with Crippen molar-refractivity contribution in [3.8, 4) is 0 Å². The number of hydrogen-bond acceptors (Lipinski definition) is 6. The molecule has 0 aromatic heterocycles. The molecule has 0 aliphatic carbocycles. The Morgan fingerprint density at radius 3 is 2.23 bits per heavy atom. The quantitative estimate of drug-likeness (QED) is 0.505. The molecule has 0 spiro atoms. The first-order chi connectivity index (χ1) is 10.1. The number of rotatable bonds is 8. The lowest BCUT2D eigenvalue weighted by Gasteiger charge is -2.31. The number of ether oxygens (including phenoxy) is 2. The Balaban J connectivity index is 5.22. The minimum atomic E-state index is -1.24. The van der Waals surface area contributed by atoms with Crippen LogP contribution in [0.5, 0.6) is 0 Å². The first kappa shape index (κ1) is 20.2. The zero-order chi connectivity index (χ0) is 17.3. The number of amides is 1. The third kappa shape index (κ3) is 7.82. The second-order valence-corrected chi connectivity index (χ2v) is 5.83. The van der Waals surface area contributed by atoms with Gasteiger partial charge in [-0.3, -0.25) is 9.69 Å². The minimum Gasteiger partial charge on any atom is -0.480 e. The third-order valence-electron chi connectivity index (χ3n) is 2.71. The Morgan fingerprint density at radius 2 is 1.82 bits per heavy atom. The van der Waals surface area contributed by atoms with E-state index in [0.29, 0.717) is 19.4 Å². The summed E-state index contributed by atoms with van der Waals surface area (Å²) in [6.45, 7) is 4.78. The summed E-state index contributed by atoms with van der Waals surface area (Å²) in [4.78, 5) is 36.0. The van der Waals surface area contributed by atoms with Crippen molar-refractivity contribution in [1.29, 1.82) is 0 Å². The van der Waals surface area contributed by atoms with Crippen LogP contribution >= 0.6 is 0 Å². The van der Waals surface area contributed by atoms with Crippen molar-refractivity contribution in [3.63, 3.8) is 0 Å². The number of carbonyl (C=O) groups is 3. The number of esters is 1. The maximum absolute atomic E-state index is 12.2. The molecule has 0 aromatic rings. The number of aliphatic carboxylic acids is 1. The summed E-state index contributed by atoms with van der Waals surface area (Å²) in [5.74, 6) is -1.91. The van der Waals surface area contributed by atoms with Crippen LogP contribution in [0.4, 0.5) is 4.79 Å². The SMILES string of the molecule is COC(=O)[C@H](CCCCN)N(CC(=O)O)C(=O)OC(C)(C)C. The summed E-state index contributed by atoms with van der Waals surface area (Å²) >= 11 is 0. The topological polar surface area (TPSA) is 119 Å². The average Bonchev–Trinajstić information content (AvgIpc) is 2.38. The molecule has 0 rings (SSSR count). The van der Waals surface area contributed by atoms with Gasteiger partial charge >= 0.3 is 18.0 Å². The number of carboxylic acid groups (broad SMARTS) is 1. The molecule has 8 heteroatoms. The maximum atomic E-state index is 12.2. The van der Waals surface area contributed by atoms with Crippen molar-refractivity contribution in [2.24, 2.45) is 5.73 Å². The van der Waals surface area contributed by atoms with E-state index in [-0.39, 0.29) is 6.42 Å². The van der Waals surface area contributed by atoms with Crippen LogP contribution in [-0.4, -0.2) is 59.9 Å². The van der Waals surface area contributed by atoms with Crippen LogP contribution in [0.25, 0.3) is 0 Å². The summed E-state index contributed by atoms with van der Waals surface area (Å²) in [6, 6.07) is -1.01. The summed E-state index contributed by atoms with van der Waals surface area (Å²) < 4.78 is 9.85. The molecule has 0 aromatic carbocycles. The van der Waals surface area contributed by atoms with Gasteiger partial charge in [0.05, 0.1) is 7.11 Å². The molecular weight excluding hydrogens is 292 g/mol. The van der Waals surface area contributed by atoms with E-state index >= 15 is 0 Å². The molecule has 0 aliphatic rings. The van der Waals surface area contributed by atoms with Crippen LogP contribution in [-0.2, 0) is 19.1 Å². The van der Waals surface area contributed by atoms with Crippen molar-refractivity contribution in [1.82, 2.24) is 4.90 Å². The van der Waals surface area contributed by atoms with E-state index < -0.39 is 36.2 Å². The predicted octanol–water partition coefficient (Wildman–Crippen LogP) is 0.979. The van der Waals surface area contributed by atoms with Crippen LogP contribution in [0.2, 0.25) is 0 Å². The fraction of sp³-hybridized carbons (Fsp3) is 0.786. The fourth-order valence-corrected chi connectivity index (χ4v) is 1.79. The Bertz CT molecular complexity index is 391. The molecule has 0 saturated carbocycles. The van der Waals surface area contributed by atoms with Gasteiger partial charge in [0.25, 0.3) is 0 Å². The molecular formula is C14H26N2O6. The number of carboxylic acids is 1. The number of methoxy groups -OCH3 is 1. The molecule has 128 valence electrons. The van der Waals surface area contributed by atoms with E-state index in [2.05, 4.69) is 4.74 Å². The van der Waals surface area contributed by atoms with E-state index in [1.165, 1.54) is 7.11 Å². The van der Waals surface area contributed by atoms with Crippen molar-refractivity contribution in [2.45, 2.75) is 51.7 Å². The van der Waals surface area contributed by atoms with Gasteiger partial charge in [0.2, 0.25) is 0 Å². The van der Waals surface area contributed by atoms with Crippen molar-refractivity contribution in [2.75, 3.05) is 20.2 Å². The minimum absolute atomic E-state index is 0.260. The number of nitrogens with zero attached hydrogens (tertiary/aromatic N) is 1. The number of nitrogens with two attached hydrogens (primary N) is 1. The third-order valence-corrected chi connectivity index (χ3v) is 2.71. The molecule has 22 heavy (non-hydrogen) atoms. The second-order valence-electron chi connectivity index (χ2n) is 5.83. The zero-order valence-corrected chi connectivity index (χ0v) is 13.6. The standard InChI is InChI=1S/C14H26N2O6/c1-14(2,3)22-13(20)16(9-11(17)18)10(12(19)21-4)7-5-6-8-15/h10H,5-9,15H2,1-4H3,(H,17,18)/t10-/m0/s1. The average molecular weight is 318 g/mol. The summed E-state index contributed by atoms with van der Waals surface area (Å²) in [6.07, 6.45) is 0.618. The van der Waals surface area contributed by atoms with Gasteiger partial charge in [-0.1, -0.05) is 0 Å². The van der Waals surface area contributed by atoms with Gasteiger partial charge in [-0.05, 0) is 46.6 Å². The number of unbranched alkanes of at least 4 members (excludes halogenated alkanes) is 1. The monoisotopic (exact) mass is 318 g/mol. The molecule has 0 bridgehead atoms. The lowest BCUT2D eigenvalue weighted by Crippen LogP contribution is -2.49. The zero-order valence-electron chi connectivity index (χ0n) is 13.6. The van der Waals surface area contributed by atoms with E-state index in [4.69, 9.17) is 15.6 Å². The molecule has 0 fully saturated rings. The fourth-order valence-electron chi connectivity index (χ4n) is 1.79. The summed E-state index contributed by atoms with van der Waals surface area (Å²) in [7, 11) is 1.19. The molecule has 0 heterocycles. The van der Waals surface area contributed by atoms with Crippen LogP contribution in [0.15, 0.2) is 0 Å². The Labute approximate surface area is 130 Å². The summed E-state index contributed by atoms with van der Waals surface area (Å²) in [5, 5.41) is 8.98. The first-order valence-corrected chi connectivity index (χ1v) is 7.11. The molecule has 1 atom stereocenters. The van der Waals surface area contributed by atoms with E-state index in [0.717, 1.165) is 4.90 Å². The molecule has 0 unspecified atom stereocenters. The van der Waals surface area contributed by atoms with Gasteiger partial charge in [0.15, 0.2) is 0 Å². The summed E-state index contributed by atoms with van der Waals surface area (Å²) in [5.41, 5.74) is 4.61. The number of hydrogen-bond donors (Lipinski definition) is 2. The van der Waals surface area contributed by atoms with Crippen molar-refractivity contribution >= 4 is 18.0 Å². The van der Waals surface area contributed by atoms with Gasteiger partial charge in [-0.2, -0.15) is 0 Å². The Kier molecular flexibility index (Phi) is 8.47. The van der Waals surface area contributed by atoms with Gasteiger partial charge in [-0.15, -0.1) is 0 Å². The van der Waals surface area contributed by atoms with Crippen LogP contribution in [0, 0.1) is 0 Å². The van der Waals surface area contributed by atoms with Gasteiger partial charge < -0.3 is 20.3 Å². The largest absolute Gasteiger partial charge is 0.480 e. The van der Waals surface area contributed by atoms with E-state index in [1.807, 2.05) is 0 Å². The van der Waals surface area contributed by atoms with Crippen molar-refractivity contribution in [3.05, 3.63) is 0 Å². The number of carbonyl (C=O) groups excluding carboxylic acids is 2. The Morgan fingerprint density at radius 1 is 1.23 bits per heavy atom. The van der Waals surface area contributed by atoms with Gasteiger partial charge in [0.1, 0.15) is 18.2 Å². The van der Waals surface area contributed by atoms with E-state index in [1.54, 1.807) is 20.8 Å². The highest BCUT2D eigenvalue weighted by molar-refractivity contribution is 5.84. The Hall–Kier alpha value is -1.83. The first-order valence-electron chi connectivity index (χ1n) is 7.11. The molecule has 1 amide bonds. The second kappa shape index (κ2) is 9.24. The van der Waals surface area contributed by atoms with Gasteiger partial charge in [0, 0.05) is 0 Å². The van der Waals surface area contributed by atoms with Crippen LogP contribution < -0.4 is 5.73 Å². The highest BCUT2D eigenvalue weighted by Crippen LogP contribution is 2.16. The normalized spacial score (nSPS) is 12.4. The smallest absolute Gasteiger partial charge is 0.411 e. The highest BCUT2D eigenvalue weighted by atomic mass is 16.6. The maximum Gasteiger partial charge on any atom is 0.411 e. The lowest BCUT2D eigenvalue weighted by atomic mass is 10.1. The van der Waals surface area contributed by atoms with E-state index in [9.17, 15) is 14.4 Å². The molecule has 8 nitrogen and oxygen atoms in total. The molecule has 0 saturated heterocycles. The highest BCUT2D eigenvalue weighted by Gasteiger charge is 2.34.